The SMILES string of the molecule is CC/C=C\C/C=C\C/C=C\C/C=C\C/C=C\C/C=C\CCCCC(=O)NC(COC1OC(CO)C(O)C(O)C1O)C(O)CCCCCCCCCCCCCCCCCCCCCCCCCCCCC. The molecule has 1 saturated heterocycles. The molecular weight excluding hydrogens is 887 g/mol. The van der Waals surface area contributed by atoms with Crippen LogP contribution in [0, 0.1) is 0 Å². The van der Waals surface area contributed by atoms with Gasteiger partial charge in [0, 0.05) is 6.42 Å². The van der Waals surface area contributed by atoms with Gasteiger partial charge in [-0.3, -0.25) is 4.79 Å². The highest BCUT2D eigenvalue weighted by atomic mass is 16.7. The van der Waals surface area contributed by atoms with Gasteiger partial charge in [0.15, 0.2) is 6.29 Å². The molecule has 1 aliphatic heterocycles. The lowest BCUT2D eigenvalue weighted by Crippen LogP contribution is -2.60. The molecule has 7 atom stereocenters. The van der Waals surface area contributed by atoms with Crippen LogP contribution in [0.4, 0.5) is 0 Å². The number of aliphatic hydroxyl groups is 5. The third kappa shape index (κ3) is 40.7. The van der Waals surface area contributed by atoms with Crippen LogP contribution >= 0.6 is 0 Å². The van der Waals surface area contributed by atoms with Crippen LogP contribution in [-0.4, -0.2) is 87.5 Å². The third-order valence-corrected chi connectivity index (χ3v) is 13.8. The zero-order valence-corrected chi connectivity index (χ0v) is 45.7. The Labute approximate surface area is 436 Å². The molecule has 0 aliphatic carbocycles. The Hall–Kier alpha value is -2.37. The van der Waals surface area contributed by atoms with Gasteiger partial charge in [0.05, 0.1) is 25.4 Å². The van der Waals surface area contributed by atoms with E-state index in [-0.39, 0.29) is 12.5 Å². The fourth-order valence-corrected chi connectivity index (χ4v) is 9.17. The minimum Gasteiger partial charge on any atom is -0.394 e. The van der Waals surface area contributed by atoms with Gasteiger partial charge in [-0.1, -0.05) is 260 Å². The van der Waals surface area contributed by atoms with E-state index >= 15 is 0 Å². The molecule has 1 amide bonds. The average Bonchev–Trinajstić information content (AvgIpc) is 3.37. The summed E-state index contributed by atoms with van der Waals surface area (Å²) < 4.78 is 11.3. The topological polar surface area (TPSA) is 149 Å². The number of amides is 1. The van der Waals surface area contributed by atoms with Gasteiger partial charge in [-0.2, -0.15) is 0 Å². The van der Waals surface area contributed by atoms with Crippen LogP contribution in [0.25, 0.3) is 0 Å². The fourth-order valence-electron chi connectivity index (χ4n) is 9.17. The van der Waals surface area contributed by atoms with Gasteiger partial charge in [0.1, 0.15) is 24.4 Å². The highest BCUT2D eigenvalue weighted by Gasteiger charge is 2.44. The van der Waals surface area contributed by atoms with Crippen molar-refractivity contribution in [1.82, 2.24) is 5.32 Å². The minimum absolute atomic E-state index is 0.159. The lowest BCUT2D eigenvalue weighted by Gasteiger charge is -2.40. The molecule has 71 heavy (non-hydrogen) atoms. The number of unbranched alkanes of at least 4 members (excludes halogenated alkanes) is 28. The fraction of sp³-hybridized carbons (Fsp3) is 0.790. The van der Waals surface area contributed by atoms with Crippen LogP contribution in [0.3, 0.4) is 0 Å². The monoisotopic (exact) mass is 998 g/mol. The number of ether oxygens (including phenoxy) is 2. The number of aliphatic hydroxyl groups excluding tert-OH is 5. The van der Waals surface area contributed by atoms with Crippen molar-refractivity contribution in [3.8, 4) is 0 Å². The zero-order valence-electron chi connectivity index (χ0n) is 45.7. The number of carbonyl (C=O) groups is 1. The smallest absolute Gasteiger partial charge is 0.220 e. The van der Waals surface area contributed by atoms with E-state index in [9.17, 15) is 30.3 Å². The van der Waals surface area contributed by atoms with E-state index in [1.54, 1.807) is 0 Å². The first-order valence-electron chi connectivity index (χ1n) is 29.6. The summed E-state index contributed by atoms with van der Waals surface area (Å²) in [6, 6.07) is -0.748. The van der Waals surface area contributed by atoms with Crippen LogP contribution in [-0.2, 0) is 14.3 Å². The van der Waals surface area contributed by atoms with Crippen molar-refractivity contribution in [2.45, 2.75) is 301 Å². The number of rotatable bonds is 50. The summed E-state index contributed by atoms with van der Waals surface area (Å²) in [7, 11) is 0. The van der Waals surface area contributed by atoms with Gasteiger partial charge in [-0.15, -0.1) is 0 Å². The molecule has 0 spiro atoms. The van der Waals surface area contributed by atoms with Gasteiger partial charge in [-0.25, -0.2) is 0 Å². The molecule has 0 aromatic carbocycles. The maximum Gasteiger partial charge on any atom is 0.220 e. The highest BCUT2D eigenvalue weighted by molar-refractivity contribution is 5.76. The van der Waals surface area contributed by atoms with Gasteiger partial charge < -0.3 is 40.3 Å². The first-order valence-corrected chi connectivity index (χ1v) is 29.6. The summed E-state index contributed by atoms with van der Waals surface area (Å²) in [6.07, 6.45) is 63.7. The molecule has 6 N–H and O–H groups in total. The predicted molar refractivity (Wildman–Crippen MR) is 299 cm³/mol. The molecule has 9 nitrogen and oxygen atoms in total. The van der Waals surface area contributed by atoms with Crippen molar-refractivity contribution in [3.63, 3.8) is 0 Å². The molecule has 1 rings (SSSR count). The van der Waals surface area contributed by atoms with Gasteiger partial charge in [0.2, 0.25) is 5.91 Å². The molecule has 0 aromatic rings. The summed E-state index contributed by atoms with van der Waals surface area (Å²) in [4.78, 5) is 13.1. The molecule has 0 saturated carbocycles. The van der Waals surface area contributed by atoms with E-state index in [1.807, 2.05) is 0 Å². The maximum absolute atomic E-state index is 13.1. The number of allylic oxidation sites excluding steroid dienone is 12. The maximum atomic E-state index is 13.1. The molecule has 9 heteroatoms. The lowest BCUT2D eigenvalue weighted by molar-refractivity contribution is -0.302. The molecule has 412 valence electrons. The summed E-state index contributed by atoms with van der Waals surface area (Å²) in [5, 5.41) is 54.7. The average molecular weight is 999 g/mol. The summed E-state index contributed by atoms with van der Waals surface area (Å²) in [6.45, 7) is 3.72. The number of carbonyl (C=O) groups excluding carboxylic acids is 1. The Kier molecular flexibility index (Phi) is 48.0. The Balaban J connectivity index is 2.22. The Morgan fingerprint density at radius 1 is 0.493 bits per heavy atom. The summed E-state index contributed by atoms with van der Waals surface area (Å²) in [5.41, 5.74) is 0. The molecule has 1 heterocycles. The Morgan fingerprint density at radius 3 is 1.27 bits per heavy atom. The van der Waals surface area contributed by atoms with E-state index in [4.69, 9.17) is 9.47 Å². The van der Waals surface area contributed by atoms with E-state index in [0.29, 0.717) is 19.3 Å². The van der Waals surface area contributed by atoms with Crippen LogP contribution in [0.2, 0.25) is 0 Å². The largest absolute Gasteiger partial charge is 0.394 e. The first kappa shape index (κ1) is 66.6. The first-order chi connectivity index (χ1) is 34.8. The number of hydrogen-bond acceptors (Lipinski definition) is 8. The van der Waals surface area contributed by atoms with Crippen molar-refractivity contribution >= 4 is 5.91 Å². The van der Waals surface area contributed by atoms with Gasteiger partial charge >= 0.3 is 0 Å². The molecule has 0 bridgehead atoms. The van der Waals surface area contributed by atoms with E-state index in [0.717, 1.165) is 70.6 Å². The van der Waals surface area contributed by atoms with Crippen molar-refractivity contribution in [2.75, 3.05) is 13.2 Å². The van der Waals surface area contributed by atoms with Gasteiger partial charge in [0.25, 0.3) is 0 Å². The molecule has 1 fully saturated rings. The Morgan fingerprint density at radius 2 is 0.873 bits per heavy atom. The minimum atomic E-state index is -1.57. The van der Waals surface area contributed by atoms with Crippen molar-refractivity contribution in [3.05, 3.63) is 72.9 Å². The normalized spacial score (nSPS) is 19.8. The predicted octanol–water partition coefficient (Wildman–Crippen LogP) is 14.8. The molecule has 0 aromatic heterocycles. The lowest BCUT2D eigenvalue weighted by atomic mass is 9.99. The van der Waals surface area contributed by atoms with E-state index < -0.39 is 49.5 Å². The highest BCUT2D eigenvalue weighted by Crippen LogP contribution is 2.23. The quantitative estimate of drug-likeness (QED) is 0.0261. The summed E-state index contributed by atoms with van der Waals surface area (Å²) >= 11 is 0. The van der Waals surface area contributed by atoms with Crippen LogP contribution < -0.4 is 5.32 Å². The molecular formula is C62H111NO8. The van der Waals surface area contributed by atoms with Gasteiger partial charge in [-0.05, 0) is 64.2 Å². The summed E-state index contributed by atoms with van der Waals surface area (Å²) in [5.74, 6) is -0.186. The van der Waals surface area contributed by atoms with Crippen LogP contribution in [0.1, 0.15) is 258 Å². The number of nitrogens with one attached hydrogen (secondary N) is 1. The third-order valence-electron chi connectivity index (χ3n) is 13.8. The Bertz CT molecular complexity index is 1340. The molecule has 1 aliphatic rings. The van der Waals surface area contributed by atoms with Crippen molar-refractivity contribution in [2.24, 2.45) is 0 Å². The second kappa shape index (κ2) is 51.1. The van der Waals surface area contributed by atoms with Crippen molar-refractivity contribution in [1.29, 1.82) is 0 Å². The van der Waals surface area contributed by atoms with Crippen molar-refractivity contribution < 1.29 is 39.8 Å². The molecule has 7 unspecified atom stereocenters. The molecule has 0 radical (unpaired) electrons. The second-order valence-corrected chi connectivity index (χ2v) is 20.4. The van der Waals surface area contributed by atoms with Crippen LogP contribution in [0.5, 0.6) is 0 Å². The standard InChI is InChI=1S/C62H111NO8/c1-3-5-7-9-11-13-15-17-19-21-23-25-26-27-28-29-30-32-33-35-37-39-41-43-45-47-49-51-56(65)55(54-70-62-61(69)60(68)59(67)57(53-64)71-62)63-58(66)52-50-48-46-44-42-40-38-36-34-31-24-22-20-18-16-14-12-10-8-6-4-2/h6,8,12,14,18,20,24,31,36,38,42,44,55-57,59-62,64-65,67-69H,3-5,7,9-11,13,15-17,19,21-23,25-30,32-35,37,39-41,43,45-54H2,1-2H3,(H,63,66)/b8-6-,14-12-,20-18-,31-24-,38-36-,44-42-. The van der Waals surface area contributed by atoms with E-state index in [1.165, 1.54) is 154 Å². The zero-order chi connectivity index (χ0) is 51.5. The second-order valence-electron chi connectivity index (χ2n) is 20.4. The van der Waals surface area contributed by atoms with Crippen LogP contribution in [0.15, 0.2) is 72.9 Å². The number of hydrogen-bond donors (Lipinski definition) is 6. The van der Waals surface area contributed by atoms with E-state index in [2.05, 4.69) is 92.1 Å².